The van der Waals surface area contributed by atoms with Crippen LogP contribution in [-0.4, -0.2) is 16.1 Å². The Morgan fingerprint density at radius 1 is 1.26 bits per heavy atom. The zero-order valence-electron chi connectivity index (χ0n) is 9.95. The molecule has 19 heavy (non-hydrogen) atoms. The summed E-state index contributed by atoms with van der Waals surface area (Å²) in [5, 5.41) is 12.9. The van der Waals surface area contributed by atoms with Crippen molar-refractivity contribution in [3.63, 3.8) is 0 Å². The van der Waals surface area contributed by atoms with Crippen LogP contribution in [0.3, 0.4) is 0 Å². The number of nitrogens with zero attached hydrogens (tertiary/aromatic N) is 1. The van der Waals surface area contributed by atoms with Gasteiger partial charge in [0.1, 0.15) is 5.82 Å². The van der Waals surface area contributed by atoms with Crippen LogP contribution in [0.2, 0.25) is 10.0 Å². The lowest BCUT2D eigenvalue weighted by atomic mass is 10.2. The number of carboxylic acids is 1. The van der Waals surface area contributed by atoms with Gasteiger partial charge in [-0.1, -0.05) is 29.3 Å². The molecule has 0 fully saturated rings. The molecule has 0 radical (unpaired) electrons. The summed E-state index contributed by atoms with van der Waals surface area (Å²) in [4.78, 5) is 14.8. The maximum Gasteiger partial charge on any atom is 0.354 e. The van der Waals surface area contributed by atoms with Crippen LogP contribution in [0.1, 0.15) is 16.1 Å². The monoisotopic (exact) mass is 296 g/mol. The first-order chi connectivity index (χ1) is 8.97. The molecule has 1 heterocycles. The van der Waals surface area contributed by atoms with Crippen molar-refractivity contribution in [3.05, 3.63) is 51.6 Å². The van der Waals surface area contributed by atoms with Crippen molar-refractivity contribution in [3.8, 4) is 0 Å². The van der Waals surface area contributed by atoms with Gasteiger partial charge in [-0.05, 0) is 36.8 Å². The normalized spacial score (nSPS) is 10.3. The van der Waals surface area contributed by atoms with Crippen molar-refractivity contribution < 1.29 is 9.90 Å². The van der Waals surface area contributed by atoms with Crippen LogP contribution in [0, 0.1) is 6.92 Å². The summed E-state index contributed by atoms with van der Waals surface area (Å²) < 4.78 is 0. The molecule has 2 rings (SSSR count). The molecule has 98 valence electrons. The van der Waals surface area contributed by atoms with Crippen molar-refractivity contribution in [1.82, 2.24) is 4.98 Å². The van der Waals surface area contributed by atoms with Gasteiger partial charge in [-0.3, -0.25) is 0 Å². The number of hydrogen-bond donors (Lipinski definition) is 2. The quantitative estimate of drug-likeness (QED) is 0.893. The molecule has 0 amide bonds. The van der Waals surface area contributed by atoms with Crippen LogP contribution in [0.4, 0.5) is 11.5 Å². The van der Waals surface area contributed by atoms with E-state index in [2.05, 4.69) is 10.3 Å². The minimum atomic E-state index is -1.09. The summed E-state index contributed by atoms with van der Waals surface area (Å²) in [5.74, 6) is -0.696. The second kappa shape index (κ2) is 5.47. The topological polar surface area (TPSA) is 62.2 Å². The Hall–Kier alpha value is -1.78. The number of benzene rings is 1. The van der Waals surface area contributed by atoms with Crippen LogP contribution >= 0.6 is 23.2 Å². The first kappa shape index (κ1) is 13.6. The van der Waals surface area contributed by atoms with Crippen LogP contribution in [-0.2, 0) is 0 Å². The highest BCUT2D eigenvalue weighted by atomic mass is 35.5. The van der Waals surface area contributed by atoms with Gasteiger partial charge >= 0.3 is 5.97 Å². The number of anilines is 2. The van der Waals surface area contributed by atoms with Gasteiger partial charge in [0, 0.05) is 5.02 Å². The van der Waals surface area contributed by atoms with Crippen LogP contribution in [0.25, 0.3) is 0 Å². The lowest BCUT2D eigenvalue weighted by Crippen LogP contribution is -2.02. The molecule has 2 N–H and O–H groups in total. The fourth-order valence-electron chi connectivity index (χ4n) is 1.50. The number of carbonyl (C=O) groups is 1. The van der Waals surface area contributed by atoms with E-state index in [4.69, 9.17) is 28.3 Å². The summed E-state index contributed by atoms with van der Waals surface area (Å²) in [6, 6.07) is 8.07. The van der Waals surface area contributed by atoms with Crippen LogP contribution in [0.15, 0.2) is 30.3 Å². The lowest BCUT2D eigenvalue weighted by molar-refractivity contribution is 0.0690. The van der Waals surface area contributed by atoms with E-state index in [0.717, 1.165) is 5.56 Å². The van der Waals surface area contributed by atoms with E-state index in [1.807, 2.05) is 6.92 Å². The van der Waals surface area contributed by atoms with E-state index in [-0.39, 0.29) is 5.69 Å². The average Bonchev–Trinajstić information content (AvgIpc) is 2.36. The second-order valence-corrected chi connectivity index (χ2v) is 4.73. The third-order valence-corrected chi connectivity index (χ3v) is 3.20. The Bertz CT molecular complexity index is 645. The predicted octanol–water partition coefficient (Wildman–Crippen LogP) is 4.14. The summed E-state index contributed by atoms with van der Waals surface area (Å²) in [7, 11) is 0. The number of rotatable bonds is 3. The van der Waals surface area contributed by atoms with Crippen molar-refractivity contribution in [2.75, 3.05) is 5.32 Å². The summed E-state index contributed by atoms with van der Waals surface area (Å²) in [5.41, 5.74) is 1.40. The maximum atomic E-state index is 10.8. The standard InChI is InChI=1S/C13H10Cl2N2O2/c1-7-5-9(15)11(6-8(7)14)17-12-4-2-3-10(16-12)13(18)19/h2-6H,1H3,(H,16,17)(H,18,19). The molecule has 4 nitrogen and oxygen atoms in total. The average molecular weight is 297 g/mol. The first-order valence-electron chi connectivity index (χ1n) is 5.40. The van der Waals surface area contributed by atoms with Gasteiger partial charge in [0.15, 0.2) is 5.69 Å². The van der Waals surface area contributed by atoms with Gasteiger partial charge < -0.3 is 10.4 Å². The largest absolute Gasteiger partial charge is 0.477 e. The fourth-order valence-corrected chi connectivity index (χ4v) is 1.93. The lowest BCUT2D eigenvalue weighted by Gasteiger charge is -2.10. The number of halogens is 2. The van der Waals surface area contributed by atoms with Gasteiger partial charge in [-0.15, -0.1) is 0 Å². The van der Waals surface area contributed by atoms with Crippen molar-refractivity contribution in [2.24, 2.45) is 0 Å². The van der Waals surface area contributed by atoms with E-state index in [0.29, 0.717) is 21.6 Å². The Morgan fingerprint density at radius 3 is 2.68 bits per heavy atom. The molecule has 0 aliphatic carbocycles. The molecule has 0 unspecified atom stereocenters. The molecule has 0 saturated carbocycles. The summed E-state index contributed by atoms with van der Waals surface area (Å²) in [6.45, 7) is 1.85. The van der Waals surface area contributed by atoms with E-state index in [1.54, 1.807) is 24.3 Å². The number of aromatic carboxylic acids is 1. The number of pyridine rings is 1. The Labute approximate surface area is 120 Å². The Balaban J connectivity index is 2.33. The molecule has 6 heteroatoms. The number of nitrogens with one attached hydrogen (secondary N) is 1. The minimum Gasteiger partial charge on any atom is -0.477 e. The van der Waals surface area contributed by atoms with Gasteiger partial charge in [0.2, 0.25) is 0 Å². The highest BCUT2D eigenvalue weighted by Crippen LogP contribution is 2.30. The van der Waals surface area contributed by atoms with E-state index in [1.165, 1.54) is 6.07 Å². The predicted molar refractivity (Wildman–Crippen MR) is 75.7 cm³/mol. The number of aryl methyl sites for hydroxylation is 1. The third-order valence-electron chi connectivity index (χ3n) is 2.48. The smallest absolute Gasteiger partial charge is 0.354 e. The van der Waals surface area contributed by atoms with Gasteiger partial charge in [-0.2, -0.15) is 0 Å². The minimum absolute atomic E-state index is 0.0423. The SMILES string of the molecule is Cc1cc(Cl)c(Nc2cccc(C(=O)O)n2)cc1Cl. The molecule has 0 aliphatic heterocycles. The first-order valence-corrected chi connectivity index (χ1v) is 6.16. The fraction of sp³-hybridized carbons (Fsp3) is 0.0769. The van der Waals surface area contributed by atoms with Crippen molar-refractivity contribution >= 4 is 40.7 Å². The molecule has 0 spiro atoms. The van der Waals surface area contributed by atoms with Gasteiger partial charge in [0.05, 0.1) is 10.7 Å². The molecular weight excluding hydrogens is 287 g/mol. The highest BCUT2D eigenvalue weighted by Gasteiger charge is 2.08. The molecular formula is C13H10Cl2N2O2. The van der Waals surface area contributed by atoms with Crippen LogP contribution < -0.4 is 5.32 Å². The third kappa shape index (κ3) is 3.16. The van der Waals surface area contributed by atoms with E-state index in [9.17, 15) is 4.79 Å². The Morgan fingerprint density at radius 2 is 2.00 bits per heavy atom. The molecule has 1 aromatic carbocycles. The Kier molecular flexibility index (Phi) is 3.93. The van der Waals surface area contributed by atoms with Gasteiger partial charge in [-0.25, -0.2) is 9.78 Å². The molecule has 0 saturated heterocycles. The summed E-state index contributed by atoms with van der Waals surface area (Å²) >= 11 is 12.1. The second-order valence-electron chi connectivity index (χ2n) is 3.92. The molecule has 2 aromatic rings. The number of hydrogen-bond acceptors (Lipinski definition) is 3. The summed E-state index contributed by atoms with van der Waals surface area (Å²) in [6.07, 6.45) is 0. The maximum absolute atomic E-state index is 10.8. The molecule has 0 atom stereocenters. The van der Waals surface area contributed by atoms with Crippen molar-refractivity contribution in [1.29, 1.82) is 0 Å². The highest BCUT2D eigenvalue weighted by molar-refractivity contribution is 6.35. The zero-order valence-corrected chi connectivity index (χ0v) is 11.5. The van der Waals surface area contributed by atoms with Crippen LogP contribution in [0.5, 0.6) is 0 Å². The van der Waals surface area contributed by atoms with E-state index < -0.39 is 5.97 Å². The van der Waals surface area contributed by atoms with E-state index >= 15 is 0 Å². The molecule has 0 bridgehead atoms. The molecule has 0 aliphatic rings. The number of carboxylic acid groups (broad SMARTS) is 1. The zero-order chi connectivity index (χ0) is 14.0. The van der Waals surface area contributed by atoms with Crippen molar-refractivity contribution in [2.45, 2.75) is 6.92 Å². The molecule has 1 aromatic heterocycles. The number of aromatic nitrogens is 1. The van der Waals surface area contributed by atoms with Gasteiger partial charge in [0.25, 0.3) is 0 Å².